The van der Waals surface area contributed by atoms with Gasteiger partial charge in [0.2, 0.25) is 0 Å². The molecule has 4 heteroatoms. The zero-order valence-electron chi connectivity index (χ0n) is 9.60. The third-order valence-electron chi connectivity index (χ3n) is 3.03. The van der Waals surface area contributed by atoms with E-state index in [2.05, 4.69) is 4.98 Å². The summed E-state index contributed by atoms with van der Waals surface area (Å²) in [4.78, 5) is 10.0. The first-order valence-electron chi connectivity index (χ1n) is 5.90. The lowest BCUT2D eigenvalue weighted by Gasteiger charge is -2.29. The Kier molecular flexibility index (Phi) is 2.57. The summed E-state index contributed by atoms with van der Waals surface area (Å²) in [5.41, 5.74) is 8.61. The number of hydrogen-bond donors (Lipinski definition) is 1. The van der Waals surface area contributed by atoms with Crippen LogP contribution in [0.1, 0.15) is 12.8 Å². The highest BCUT2D eigenvalue weighted by Gasteiger charge is 2.17. The Labute approximate surface area is 100.0 Å². The molecular formula is C13H15N3O. The predicted octanol–water partition coefficient (Wildman–Crippen LogP) is 2.35. The fraction of sp³-hybridized carbons (Fsp3) is 0.308. The number of nitrogens with two attached hydrogens (primary N) is 1. The van der Waals surface area contributed by atoms with Crippen molar-refractivity contribution in [2.75, 3.05) is 23.9 Å². The van der Waals surface area contributed by atoms with Gasteiger partial charge in [-0.2, -0.15) is 0 Å². The zero-order valence-corrected chi connectivity index (χ0v) is 9.60. The van der Waals surface area contributed by atoms with Crippen molar-refractivity contribution in [2.24, 2.45) is 0 Å². The first kappa shape index (κ1) is 10.4. The molecule has 1 aromatic carbocycles. The largest absolute Gasteiger partial charge is 0.396 e. The number of hydroxylamine groups is 1. The van der Waals surface area contributed by atoms with E-state index in [9.17, 15) is 0 Å². The minimum Gasteiger partial charge on any atom is -0.396 e. The molecule has 1 aromatic heterocycles. The van der Waals surface area contributed by atoms with E-state index in [4.69, 9.17) is 10.6 Å². The molecule has 1 aliphatic heterocycles. The highest BCUT2D eigenvalue weighted by Crippen LogP contribution is 2.32. The molecule has 0 saturated carbocycles. The van der Waals surface area contributed by atoms with Gasteiger partial charge in [0.1, 0.15) is 0 Å². The highest BCUT2D eigenvalue weighted by atomic mass is 16.7. The highest BCUT2D eigenvalue weighted by molar-refractivity contribution is 5.96. The fourth-order valence-electron chi connectivity index (χ4n) is 2.19. The minimum atomic E-state index is 0.672. The Balaban J connectivity index is 2.15. The maximum absolute atomic E-state index is 6.03. The van der Waals surface area contributed by atoms with E-state index in [-0.39, 0.29) is 0 Å². The molecular weight excluding hydrogens is 214 g/mol. The Morgan fingerprint density at radius 3 is 2.94 bits per heavy atom. The van der Waals surface area contributed by atoms with Gasteiger partial charge in [-0.05, 0) is 18.9 Å². The lowest BCUT2D eigenvalue weighted by molar-refractivity contribution is 0.0787. The summed E-state index contributed by atoms with van der Waals surface area (Å²) >= 11 is 0. The summed E-state index contributed by atoms with van der Waals surface area (Å²) in [7, 11) is 0. The molecule has 2 N–H and O–H groups in total. The van der Waals surface area contributed by atoms with Gasteiger partial charge in [0.05, 0.1) is 29.7 Å². The van der Waals surface area contributed by atoms with Crippen LogP contribution in [0.3, 0.4) is 0 Å². The van der Waals surface area contributed by atoms with Crippen LogP contribution in [0.5, 0.6) is 0 Å². The van der Waals surface area contributed by atoms with Crippen LogP contribution in [0.4, 0.5) is 11.4 Å². The Bertz CT molecular complexity index is 535. The second-order valence-electron chi connectivity index (χ2n) is 4.22. The van der Waals surface area contributed by atoms with Crippen molar-refractivity contribution in [1.82, 2.24) is 4.98 Å². The van der Waals surface area contributed by atoms with Gasteiger partial charge in [0.15, 0.2) is 0 Å². The van der Waals surface area contributed by atoms with E-state index < -0.39 is 0 Å². The molecule has 1 fully saturated rings. The van der Waals surface area contributed by atoms with E-state index >= 15 is 0 Å². The van der Waals surface area contributed by atoms with Crippen molar-refractivity contribution < 1.29 is 4.84 Å². The second kappa shape index (κ2) is 4.22. The number of hydrogen-bond acceptors (Lipinski definition) is 4. The number of pyridine rings is 1. The van der Waals surface area contributed by atoms with Gasteiger partial charge >= 0.3 is 0 Å². The van der Waals surface area contributed by atoms with Gasteiger partial charge in [-0.15, -0.1) is 0 Å². The molecule has 3 rings (SSSR count). The van der Waals surface area contributed by atoms with Crippen LogP contribution >= 0.6 is 0 Å². The van der Waals surface area contributed by atoms with E-state index in [1.807, 2.05) is 29.3 Å². The predicted molar refractivity (Wildman–Crippen MR) is 68.7 cm³/mol. The molecule has 2 heterocycles. The van der Waals surface area contributed by atoms with Crippen LogP contribution in [0, 0.1) is 0 Å². The number of para-hydroxylation sites is 1. The van der Waals surface area contributed by atoms with E-state index in [1.165, 1.54) is 0 Å². The maximum atomic E-state index is 6.03. The van der Waals surface area contributed by atoms with Gasteiger partial charge in [0, 0.05) is 11.9 Å². The van der Waals surface area contributed by atoms with Gasteiger partial charge in [-0.3, -0.25) is 14.9 Å². The Morgan fingerprint density at radius 2 is 2.12 bits per heavy atom. The molecule has 0 radical (unpaired) electrons. The normalized spacial score (nSPS) is 16.4. The summed E-state index contributed by atoms with van der Waals surface area (Å²) < 4.78 is 0. The van der Waals surface area contributed by atoms with Crippen molar-refractivity contribution in [2.45, 2.75) is 12.8 Å². The lowest BCUT2D eigenvalue weighted by Crippen LogP contribution is -2.30. The number of nitrogens with zero attached hydrogens (tertiary/aromatic N) is 2. The number of fused-ring (bicyclic) bond motifs is 1. The summed E-state index contributed by atoms with van der Waals surface area (Å²) in [6.07, 6.45) is 3.95. The molecule has 1 aliphatic rings. The third kappa shape index (κ3) is 1.80. The van der Waals surface area contributed by atoms with Crippen LogP contribution in [0.15, 0.2) is 30.5 Å². The third-order valence-corrected chi connectivity index (χ3v) is 3.03. The smallest absolute Gasteiger partial charge is 0.0975 e. The fourth-order valence-corrected chi connectivity index (χ4v) is 2.19. The maximum Gasteiger partial charge on any atom is 0.0975 e. The topological polar surface area (TPSA) is 51.4 Å². The SMILES string of the molecule is Nc1cnc2ccccc2c1N1CCCCO1. The molecule has 0 bridgehead atoms. The Hall–Kier alpha value is -1.81. The molecule has 0 amide bonds. The number of benzene rings is 1. The van der Waals surface area contributed by atoms with Gasteiger partial charge in [-0.25, -0.2) is 0 Å². The van der Waals surface area contributed by atoms with Crippen molar-refractivity contribution >= 4 is 22.3 Å². The van der Waals surface area contributed by atoms with Crippen LogP contribution in [-0.4, -0.2) is 18.1 Å². The number of anilines is 2. The average molecular weight is 229 g/mol. The van der Waals surface area contributed by atoms with Crippen molar-refractivity contribution in [1.29, 1.82) is 0 Å². The van der Waals surface area contributed by atoms with Crippen molar-refractivity contribution in [3.8, 4) is 0 Å². The molecule has 1 saturated heterocycles. The first-order valence-corrected chi connectivity index (χ1v) is 5.90. The first-order chi connectivity index (χ1) is 8.36. The second-order valence-corrected chi connectivity index (χ2v) is 4.22. The molecule has 0 unspecified atom stereocenters. The molecule has 0 aliphatic carbocycles. The monoisotopic (exact) mass is 229 g/mol. The summed E-state index contributed by atoms with van der Waals surface area (Å²) in [5, 5.41) is 2.96. The summed E-state index contributed by atoms with van der Waals surface area (Å²) in [6, 6.07) is 8.00. The van der Waals surface area contributed by atoms with Gasteiger partial charge in [-0.1, -0.05) is 18.2 Å². The van der Waals surface area contributed by atoms with Gasteiger partial charge in [0.25, 0.3) is 0 Å². The van der Waals surface area contributed by atoms with Crippen LogP contribution in [0.25, 0.3) is 10.9 Å². The summed E-state index contributed by atoms with van der Waals surface area (Å²) in [6.45, 7) is 1.65. The van der Waals surface area contributed by atoms with Crippen LogP contribution in [-0.2, 0) is 4.84 Å². The molecule has 88 valence electrons. The Morgan fingerprint density at radius 1 is 1.24 bits per heavy atom. The standard InChI is InChI=1S/C13H15N3O/c14-11-9-15-12-6-2-1-5-10(12)13(11)16-7-3-4-8-17-16/h1-2,5-6,9H,3-4,7-8,14H2. The van der Waals surface area contributed by atoms with E-state index in [0.29, 0.717) is 5.69 Å². The van der Waals surface area contributed by atoms with Crippen LogP contribution < -0.4 is 10.8 Å². The zero-order chi connectivity index (χ0) is 11.7. The van der Waals surface area contributed by atoms with Crippen LogP contribution in [0.2, 0.25) is 0 Å². The van der Waals surface area contributed by atoms with Gasteiger partial charge < -0.3 is 5.73 Å². The molecule has 4 nitrogen and oxygen atoms in total. The van der Waals surface area contributed by atoms with Crippen molar-refractivity contribution in [3.05, 3.63) is 30.5 Å². The van der Waals surface area contributed by atoms with E-state index in [0.717, 1.165) is 42.6 Å². The average Bonchev–Trinajstić information content (AvgIpc) is 2.39. The minimum absolute atomic E-state index is 0.672. The lowest BCUT2D eigenvalue weighted by atomic mass is 10.1. The number of rotatable bonds is 1. The summed E-state index contributed by atoms with van der Waals surface area (Å²) in [5.74, 6) is 0. The van der Waals surface area contributed by atoms with Crippen molar-refractivity contribution in [3.63, 3.8) is 0 Å². The number of nitrogen functional groups attached to an aromatic ring is 1. The van der Waals surface area contributed by atoms with E-state index in [1.54, 1.807) is 6.20 Å². The quantitative estimate of drug-likeness (QED) is 0.815. The molecule has 2 aromatic rings. The molecule has 0 spiro atoms. The molecule has 0 atom stereocenters. The number of aromatic nitrogens is 1. The molecule has 17 heavy (non-hydrogen) atoms.